The Morgan fingerprint density at radius 2 is 1.54 bits per heavy atom. The molecule has 0 unspecified atom stereocenters. The van der Waals surface area contributed by atoms with Crippen LogP contribution < -0.4 is 9.47 Å². The maximum atomic E-state index is 14.8. The molecule has 2 aromatic carbocycles. The molecule has 2 aromatic rings. The number of hydrogen-bond acceptors (Lipinski definition) is 3. The molecule has 0 spiro atoms. The van der Waals surface area contributed by atoms with Gasteiger partial charge in [0.25, 0.3) is 0 Å². The summed E-state index contributed by atoms with van der Waals surface area (Å²) >= 11 is 0. The number of benzene rings is 2. The Labute approximate surface area is 237 Å². The Morgan fingerprint density at radius 3 is 2.12 bits per heavy atom. The van der Waals surface area contributed by atoms with Gasteiger partial charge in [-0.2, -0.15) is 17.6 Å². The van der Waals surface area contributed by atoms with E-state index in [0.29, 0.717) is 32.3 Å². The Bertz CT molecular complexity index is 1150. The average Bonchev–Trinajstić information content (AvgIpc) is 2.95. The fourth-order valence-electron chi connectivity index (χ4n) is 5.68. The monoisotopic (exact) mass is 582 g/mol. The van der Waals surface area contributed by atoms with Crippen LogP contribution in [0.4, 0.5) is 26.3 Å². The lowest BCUT2D eigenvalue weighted by Gasteiger charge is -2.33. The highest BCUT2D eigenvalue weighted by atomic mass is 19.3. The first-order valence-corrected chi connectivity index (χ1v) is 14.3. The van der Waals surface area contributed by atoms with Gasteiger partial charge >= 0.3 is 12.2 Å². The normalized spacial score (nSPS) is 23.4. The summed E-state index contributed by atoms with van der Waals surface area (Å²) in [4.78, 5) is 0. The lowest BCUT2D eigenvalue weighted by molar-refractivity contribution is -0.225. The van der Waals surface area contributed by atoms with Crippen molar-refractivity contribution in [3.05, 3.63) is 77.6 Å². The van der Waals surface area contributed by atoms with Crippen LogP contribution in [0.25, 0.3) is 6.08 Å². The molecule has 0 heterocycles. The molecule has 41 heavy (non-hydrogen) atoms. The molecule has 0 N–H and O–H groups in total. The van der Waals surface area contributed by atoms with E-state index in [1.165, 1.54) is 0 Å². The topological polar surface area (TPSA) is 27.7 Å². The molecule has 0 saturated heterocycles. The van der Waals surface area contributed by atoms with E-state index in [-0.39, 0.29) is 35.5 Å². The molecule has 0 atom stereocenters. The Hall–Kier alpha value is -2.94. The third-order valence-corrected chi connectivity index (χ3v) is 7.93. The zero-order valence-electron chi connectivity index (χ0n) is 23.1. The Kier molecular flexibility index (Phi) is 10.8. The van der Waals surface area contributed by atoms with Gasteiger partial charge in [-0.25, -0.2) is 8.78 Å². The second kappa shape index (κ2) is 14.3. The number of allylic oxidation sites excluding steroid dienone is 1. The fourth-order valence-corrected chi connectivity index (χ4v) is 5.68. The van der Waals surface area contributed by atoms with Crippen molar-refractivity contribution in [1.82, 2.24) is 0 Å². The summed E-state index contributed by atoms with van der Waals surface area (Å²) in [5, 5.41) is 0. The van der Waals surface area contributed by atoms with Gasteiger partial charge < -0.3 is 14.2 Å². The van der Waals surface area contributed by atoms with Crippen LogP contribution >= 0.6 is 0 Å². The summed E-state index contributed by atoms with van der Waals surface area (Å²) in [6, 6.07) is 8.98. The molecule has 2 fully saturated rings. The fraction of sp³-hybridized carbons (Fsp3) is 0.500. The van der Waals surface area contributed by atoms with Crippen molar-refractivity contribution in [3.63, 3.8) is 0 Å². The van der Waals surface area contributed by atoms with E-state index in [1.807, 2.05) is 25.1 Å². The number of alkyl halides is 2. The van der Waals surface area contributed by atoms with E-state index in [1.54, 1.807) is 18.2 Å². The first kappa shape index (κ1) is 31.0. The molecular formula is C32H36F6O3. The number of halogens is 6. The van der Waals surface area contributed by atoms with E-state index in [2.05, 4.69) is 4.74 Å². The van der Waals surface area contributed by atoms with Crippen molar-refractivity contribution in [2.45, 2.75) is 82.8 Å². The predicted molar refractivity (Wildman–Crippen MR) is 145 cm³/mol. The standard InChI is InChI=1S/C32H36F6O3/c1-2-17-39-26-15-11-25(12-16-26)32(37,38)41-27-13-9-24(10-14-27)23-7-5-21(6-8-23)3-4-22-18-28(33)31(29(34)19-22)40-20-30(35)36/h3-4,9-10,13-14,18-21,23,25-26H,2,5-8,11-12,15-17H2,1H3/b4-3+. The molecular weight excluding hydrogens is 546 g/mol. The molecule has 0 aromatic heterocycles. The first-order chi connectivity index (χ1) is 19.6. The molecule has 224 valence electrons. The van der Waals surface area contributed by atoms with Crippen molar-refractivity contribution in [1.29, 1.82) is 0 Å². The Morgan fingerprint density at radius 1 is 0.902 bits per heavy atom. The number of hydrogen-bond donors (Lipinski definition) is 0. The highest BCUT2D eigenvalue weighted by molar-refractivity contribution is 5.52. The van der Waals surface area contributed by atoms with Gasteiger partial charge in [-0.3, -0.25) is 0 Å². The summed E-state index contributed by atoms with van der Waals surface area (Å²) in [6.45, 7) is 2.69. The second-order valence-electron chi connectivity index (χ2n) is 10.9. The zero-order chi connectivity index (χ0) is 29.4. The highest BCUT2D eigenvalue weighted by Crippen LogP contribution is 2.40. The molecule has 2 aliphatic carbocycles. The highest BCUT2D eigenvalue weighted by Gasteiger charge is 2.44. The van der Waals surface area contributed by atoms with E-state index in [9.17, 15) is 26.3 Å². The molecule has 0 radical (unpaired) electrons. The minimum atomic E-state index is -3.23. The minimum Gasteiger partial charge on any atom is -0.453 e. The van der Waals surface area contributed by atoms with Crippen molar-refractivity contribution < 1.29 is 40.6 Å². The van der Waals surface area contributed by atoms with Gasteiger partial charge in [-0.15, -0.1) is 0 Å². The minimum absolute atomic E-state index is 0.0119. The van der Waals surface area contributed by atoms with E-state index >= 15 is 0 Å². The third-order valence-electron chi connectivity index (χ3n) is 7.93. The molecule has 0 amide bonds. The van der Waals surface area contributed by atoms with Gasteiger partial charge in [0.15, 0.2) is 23.6 Å². The maximum Gasteiger partial charge on any atom is 0.400 e. The SMILES string of the molecule is CCCOC1CCC(C(F)(F)Oc2ccc(C3CCC(/C=C/c4cc(F)c(OC=C(F)F)c(F)c4)CC3)cc2)CC1. The van der Waals surface area contributed by atoms with Gasteiger partial charge in [0.2, 0.25) is 0 Å². The van der Waals surface area contributed by atoms with Crippen molar-refractivity contribution >= 4 is 6.08 Å². The molecule has 2 saturated carbocycles. The van der Waals surface area contributed by atoms with Crippen LogP contribution in [0.15, 0.2) is 54.8 Å². The first-order valence-electron chi connectivity index (χ1n) is 14.3. The van der Waals surface area contributed by atoms with Crippen molar-refractivity contribution in [2.75, 3.05) is 6.61 Å². The van der Waals surface area contributed by atoms with Crippen LogP contribution in [0.1, 0.15) is 81.8 Å². The molecule has 0 aliphatic heterocycles. The van der Waals surface area contributed by atoms with Gasteiger partial charge in [0.1, 0.15) is 5.75 Å². The van der Waals surface area contributed by atoms with E-state index in [0.717, 1.165) is 49.8 Å². The van der Waals surface area contributed by atoms with E-state index in [4.69, 9.17) is 9.47 Å². The van der Waals surface area contributed by atoms with Gasteiger partial charge in [0, 0.05) is 6.61 Å². The van der Waals surface area contributed by atoms with Crippen LogP contribution in [-0.4, -0.2) is 18.8 Å². The second-order valence-corrected chi connectivity index (χ2v) is 10.9. The zero-order valence-corrected chi connectivity index (χ0v) is 23.1. The molecule has 2 aliphatic rings. The summed E-state index contributed by atoms with van der Waals surface area (Å²) in [5.41, 5.74) is 1.33. The largest absolute Gasteiger partial charge is 0.453 e. The number of rotatable bonds is 11. The third kappa shape index (κ3) is 8.77. The summed E-state index contributed by atoms with van der Waals surface area (Å²) in [7, 11) is 0. The molecule has 3 nitrogen and oxygen atoms in total. The molecule has 4 rings (SSSR count). The smallest absolute Gasteiger partial charge is 0.400 e. The van der Waals surface area contributed by atoms with Crippen LogP contribution in [0, 0.1) is 23.5 Å². The van der Waals surface area contributed by atoms with Crippen molar-refractivity contribution in [2.24, 2.45) is 11.8 Å². The Balaban J connectivity index is 1.25. The van der Waals surface area contributed by atoms with Crippen LogP contribution in [0.2, 0.25) is 0 Å². The van der Waals surface area contributed by atoms with Crippen LogP contribution in [0.5, 0.6) is 11.5 Å². The lowest BCUT2D eigenvalue weighted by atomic mass is 9.78. The molecule has 0 bridgehead atoms. The summed E-state index contributed by atoms with van der Waals surface area (Å²) in [6.07, 6.45) is 4.51. The number of ether oxygens (including phenoxy) is 3. The summed E-state index contributed by atoms with van der Waals surface area (Å²) in [5.74, 6) is -3.20. The van der Waals surface area contributed by atoms with Gasteiger partial charge in [0.05, 0.1) is 12.0 Å². The molecule has 9 heteroatoms. The van der Waals surface area contributed by atoms with Gasteiger partial charge in [-0.05, 0) is 105 Å². The average molecular weight is 583 g/mol. The summed E-state index contributed by atoms with van der Waals surface area (Å²) < 4.78 is 97.4. The van der Waals surface area contributed by atoms with Gasteiger partial charge in [-0.1, -0.05) is 31.2 Å². The predicted octanol–water partition coefficient (Wildman–Crippen LogP) is 10.0. The quantitative estimate of drug-likeness (QED) is 0.195. The van der Waals surface area contributed by atoms with Crippen LogP contribution in [-0.2, 0) is 4.74 Å². The van der Waals surface area contributed by atoms with Crippen molar-refractivity contribution in [3.8, 4) is 11.5 Å². The van der Waals surface area contributed by atoms with Crippen LogP contribution in [0.3, 0.4) is 0 Å². The maximum absolute atomic E-state index is 14.8. The lowest BCUT2D eigenvalue weighted by Crippen LogP contribution is -2.38. The van der Waals surface area contributed by atoms with E-state index < -0.39 is 35.5 Å².